The number of hydrazine groups is 1. The minimum atomic E-state index is -0.562. The van der Waals surface area contributed by atoms with E-state index < -0.39 is 17.7 Å². The molecule has 0 aromatic heterocycles. The third-order valence-corrected chi connectivity index (χ3v) is 7.31. The molecule has 12 heteroatoms. The van der Waals surface area contributed by atoms with Crippen LogP contribution in [0.4, 0.5) is 5.69 Å². The van der Waals surface area contributed by atoms with Gasteiger partial charge in [-0.05, 0) is 49.4 Å². The van der Waals surface area contributed by atoms with Gasteiger partial charge >= 0.3 is 0 Å². The largest absolute Gasteiger partial charge is 0.504 e. The molecule has 0 radical (unpaired) electrons. The summed E-state index contributed by atoms with van der Waals surface area (Å²) in [5.41, 5.74) is 9.89. The van der Waals surface area contributed by atoms with Gasteiger partial charge in [0.2, 0.25) is 5.91 Å². The van der Waals surface area contributed by atoms with E-state index in [1.54, 1.807) is 19.2 Å². The number of methoxy groups -OCH3 is 1. The molecule has 6 N–H and O–H groups in total. The minimum absolute atomic E-state index is 0.0518. The summed E-state index contributed by atoms with van der Waals surface area (Å²) in [5, 5.41) is 25.6. The first-order valence-electron chi connectivity index (χ1n) is 13.1. The van der Waals surface area contributed by atoms with Crippen molar-refractivity contribution in [3.63, 3.8) is 0 Å². The minimum Gasteiger partial charge on any atom is -0.504 e. The van der Waals surface area contributed by atoms with Gasteiger partial charge in [0.05, 0.1) is 37.0 Å². The fourth-order valence-electron chi connectivity index (χ4n) is 5.03. The van der Waals surface area contributed by atoms with Crippen LogP contribution in [0.1, 0.15) is 34.8 Å². The Kier molecular flexibility index (Phi) is 8.29. The number of carbonyl (C=O) groups is 2. The highest BCUT2D eigenvalue weighted by Crippen LogP contribution is 2.36. The number of hydrogen-bond acceptors (Lipinski definition) is 9. The maximum absolute atomic E-state index is 13.1. The van der Waals surface area contributed by atoms with Crippen LogP contribution in [0.2, 0.25) is 5.02 Å². The van der Waals surface area contributed by atoms with Crippen molar-refractivity contribution in [2.75, 3.05) is 25.1 Å². The highest BCUT2D eigenvalue weighted by Gasteiger charge is 2.40. The van der Waals surface area contributed by atoms with Gasteiger partial charge in [-0.3, -0.25) is 14.6 Å². The lowest BCUT2D eigenvalue weighted by Crippen LogP contribution is -2.48. The summed E-state index contributed by atoms with van der Waals surface area (Å²) in [7, 11) is 1.62. The molecule has 0 bridgehead atoms. The summed E-state index contributed by atoms with van der Waals surface area (Å²) >= 11 is 6.17. The molecule has 5 rings (SSSR count). The number of benzene rings is 3. The maximum atomic E-state index is 13.1. The molecule has 1 fully saturated rings. The normalized spacial score (nSPS) is 19.4. The van der Waals surface area contributed by atoms with Crippen LogP contribution in [0.15, 0.2) is 65.7 Å². The summed E-state index contributed by atoms with van der Waals surface area (Å²) in [5.74, 6) is -0.994. The van der Waals surface area contributed by atoms with Crippen LogP contribution in [0.25, 0.3) is 0 Å². The predicted molar refractivity (Wildman–Crippen MR) is 156 cm³/mol. The maximum Gasteiger partial charge on any atom is 0.255 e. The number of anilines is 1. The Bertz CT molecular complexity index is 1480. The van der Waals surface area contributed by atoms with Crippen molar-refractivity contribution in [3.8, 4) is 17.2 Å². The van der Waals surface area contributed by atoms with Gasteiger partial charge in [-0.2, -0.15) is 0 Å². The van der Waals surface area contributed by atoms with E-state index in [4.69, 9.17) is 21.3 Å². The summed E-state index contributed by atoms with van der Waals surface area (Å²) in [4.78, 5) is 32.7. The second kappa shape index (κ2) is 12.0. The number of phenols is 2. The number of amides is 2. The lowest BCUT2D eigenvalue weighted by Gasteiger charge is -2.31. The number of ether oxygens (including phenoxy) is 1. The average Bonchev–Trinajstić information content (AvgIpc) is 3.29. The molecule has 11 nitrogen and oxygen atoms in total. The zero-order valence-electron chi connectivity index (χ0n) is 22.5. The molecule has 2 amide bonds. The molecular formula is C29H31ClN6O5. The second-order valence-electron chi connectivity index (χ2n) is 9.74. The van der Waals surface area contributed by atoms with Crippen LogP contribution in [-0.4, -0.2) is 66.3 Å². The Morgan fingerprint density at radius 1 is 1.05 bits per heavy atom. The highest BCUT2D eigenvalue weighted by atomic mass is 35.5. The fraction of sp³-hybridized carbons (Fsp3) is 0.276. The Hall–Kier alpha value is -4.32. The number of aliphatic imine (C=N–C) groups is 1. The number of aromatic hydroxyl groups is 2. The van der Waals surface area contributed by atoms with E-state index in [1.807, 2.05) is 37.3 Å². The number of nitrogens with one attached hydrogen (secondary N) is 4. The number of nitrogens with zero attached hydrogens (tertiary/aromatic N) is 2. The Morgan fingerprint density at radius 2 is 1.80 bits per heavy atom. The van der Waals surface area contributed by atoms with E-state index in [-0.39, 0.29) is 49.1 Å². The van der Waals surface area contributed by atoms with Gasteiger partial charge < -0.3 is 30.5 Å². The Labute approximate surface area is 242 Å². The van der Waals surface area contributed by atoms with Crippen LogP contribution < -0.4 is 31.1 Å². The first-order valence-corrected chi connectivity index (χ1v) is 13.5. The molecule has 3 aromatic rings. The lowest BCUT2D eigenvalue weighted by atomic mass is 9.99. The molecule has 214 valence electrons. The molecule has 2 heterocycles. The first-order chi connectivity index (χ1) is 19.8. The zero-order valence-corrected chi connectivity index (χ0v) is 23.3. The standard InChI is InChI=1S/C29H31ClN6O5/c1-16-34-35-28-22(15-25(38)31-12-13-32-29(40)20-4-3-5-24(37)27(20)39)33-26(17-6-8-18(30)9-7-17)21-14-19(41-2)10-11-23(21)36(16)28/h3-11,14,16,22,28,34-35,37,39H,12-13,15H2,1-2H3,(H,31,38)(H,32,40). The molecule has 2 aliphatic heterocycles. The summed E-state index contributed by atoms with van der Waals surface area (Å²) in [6.45, 7) is 2.32. The van der Waals surface area contributed by atoms with Crippen molar-refractivity contribution < 1.29 is 24.5 Å². The van der Waals surface area contributed by atoms with Crippen molar-refractivity contribution in [2.45, 2.75) is 31.7 Å². The third-order valence-electron chi connectivity index (χ3n) is 7.06. The molecule has 3 aromatic carbocycles. The van der Waals surface area contributed by atoms with Crippen molar-refractivity contribution in [2.24, 2.45) is 4.99 Å². The summed E-state index contributed by atoms with van der Waals surface area (Å²) in [6.07, 6.45) is -0.325. The van der Waals surface area contributed by atoms with Crippen molar-refractivity contribution in [1.29, 1.82) is 0 Å². The van der Waals surface area contributed by atoms with E-state index in [1.165, 1.54) is 18.2 Å². The van der Waals surface area contributed by atoms with Gasteiger partial charge in [0, 0.05) is 34.9 Å². The smallest absolute Gasteiger partial charge is 0.255 e. The number of carbonyl (C=O) groups excluding carboxylic acids is 2. The summed E-state index contributed by atoms with van der Waals surface area (Å²) < 4.78 is 5.52. The van der Waals surface area contributed by atoms with Gasteiger partial charge in [-0.25, -0.2) is 10.9 Å². The zero-order chi connectivity index (χ0) is 29.1. The van der Waals surface area contributed by atoms with E-state index in [2.05, 4.69) is 26.4 Å². The molecule has 41 heavy (non-hydrogen) atoms. The second-order valence-corrected chi connectivity index (χ2v) is 10.2. The van der Waals surface area contributed by atoms with Crippen LogP contribution in [0.5, 0.6) is 17.2 Å². The van der Waals surface area contributed by atoms with E-state index in [0.717, 1.165) is 22.5 Å². The van der Waals surface area contributed by atoms with Gasteiger partial charge in [0.1, 0.15) is 11.9 Å². The first kappa shape index (κ1) is 28.2. The fourth-order valence-corrected chi connectivity index (χ4v) is 5.16. The molecule has 2 aliphatic rings. The third kappa shape index (κ3) is 5.92. The number of para-hydroxylation sites is 1. The number of halogens is 1. The number of phenolic OH excluding ortho intramolecular Hbond substituents is 2. The Balaban J connectivity index is 1.34. The van der Waals surface area contributed by atoms with Gasteiger partial charge in [-0.15, -0.1) is 0 Å². The van der Waals surface area contributed by atoms with E-state index >= 15 is 0 Å². The molecule has 0 saturated carbocycles. The quantitative estimate of drug-likeness (QED) is 0.176. The van der Waals surface area contributed by atoms with Crippen LogP contribution in [-0.2, 0) is 4.79 Å². The molecule has 0 spiro atoms. The lowest BCUT2D eigenvalue weighted by molar-refractivity contribution is -0.121. The monoisotopic (exact) mass is 578 g/mol. The molecular weight excluding hydrogens is 548 g/mol. The Morgan fingerprint density at radius 3 is 2.56 bits per heavy atom. The van der Waals surface area contributed by atoms with Crippen molar-refractivity contribution >= 4 is 34.8 Å². The van der Waals surface area contributed by atoms with Gasteiger partial charge in [0.25, 0.3) is 5.91 Å². The van der Waals surface area contributed by atoms with Gasteiger partial charge in [0.15, 0.2) is 11.5 Å². The number of rotatable bonds is 8. The highest BCUT2D eigenvalue weighted by molar-refractivity contribution is 6.30. The molecule has 0 aliphatic carbocycles. The topological polar surface area (TPSA) is 148 Å². The van der Waals surface area contributed by atoms with Crippen LogP contribution >= 0.6 is 11.6 Å². The predicted octanol–water partition coefficient (Wildman–Crippen LogP) is 2.50. The van der Waals surface area contributed by atoms with Gasteiger partial charge in [-0.1, -0.05) is 29.8 Å². The van der Waals surface area contributed by atoms with Crippen molar-refractivity contribution in [1.82, 2.24) is 21.5 Å². The van der Waals surface area contributed by atoms with Crippen LogP contribution in [0, 0.1) is 0 Å². The molecule has 3 atom stereocenters. The van der Waals surface area contributed by atoms with Crippen molar-refractivity contribution in [3.05, 3.63) is 82.4 Å². The number of hydrogen-bond donors (Lipinski definition) is 6. The summed E-state index contributed by atoms with van der Waals surface area (Å²) in [6, 6.07) is 16.9. The van der Waals surface area contributed by atoms with E-state index in [0.29, 0.717) is 10.8 Å². The molecule has 1 saturated heterocycles. The SMILES string of the molecule is COc1ccc2c(c1)C(c1ccc(Cl)cc1)=NC(CC(=O)NCCNC(=O)c1cccc(O)c1O)C1NNC(C)N21. The molecule has 3 unspecified atom stereocenters. The average molecular weight is 579 g/mol. The van der Waals surface area contributed by atoms with E-state index in [9.17, 15) is 19.8 Å². The van der Waals surface area contributed by atoms with Crippen LogP contribution in [0.3, 0.4) is 0 Å². The number of fused-ring (bicyclic) bond motifs is 3.